The predicted octanol–water partition coefficient (Wildman–Crippen LogP) is 2.53. The molecular formula is C14H15N3O. The second-order valence-corrected chi connectivity index (χ2v) is 4.23. The van der Waals surface area contributed by atoms with Gasteiger partial charge in [0.25, 0.3) is 5.91 Å². The number of anilines is 2. The highest BCUT2D eigenvalue weighted by Crippen LogP contribution is 2.23. The predicted molar refractivity (Wildman–Crippen MR) is 72.5 cm³/mol. The van der Waals surface area contributed by atoms with Crippen molar-refractivity contribution in [2.24, 2.45) is 0 Å². The lowest BCUT2D eigenvalue weighted by atomic mass is 10.1. The van der Waals surface area contributed by atoms with Crippen molar-refractivity contribution in [3.8, 4) is 0 Å². The number of carbonyl (C=O) groups excluding carboxylic acids is 1. The van der Waals surface area contributed by atoms with E-state index in [4.69, 9.17) is 5.73 Å². The van der Waals surface area contributed by atoms with Gasteiger partial charge in [0, 0.05) is 23.8 Å². The second-order valence-electron chi connectivity index (χ2n) is 4.23. The average Bonchev–Trinajstić information content (AvgIpc) is 2.34. The highest BCUT2D eigenvalue weighted by atomic mass is 16.1. The lowest BCUT2D eigenvalue weighted by Crippen LogP contribution is -2.14. The van der Waals surface area contributed by atoms with Crippen LogP contribution in [0.15, 0.2) is 36.7 Å². The van der Waals surface area contributed by atoms with E-state index < -0.39 is 0 Å². The van der Waals surface area contributed by atoms with Gasteiger partial charge in [0.05, 0.1) is 5.56 Å². The summed E-state index contributed by atoms with van der Waals surface area (Å²) in [4.78, 5) is 15.9. The van der Waals surface area contributed by atoms with Crippen LogP contribution in [-0.4, -0.2) is 10.9 Å². The van der Waals surface area contributed by atoms with Crippen LogP contribution in [0.25, 0.3) is 0 Å². The Balaban J connectivity index is 2.28. The fraction of sp³-hybridized carbons (Fsp3) is 0.143. The number of aryl methyl sites for hydroxylation is 2. The molecule has 1 aromatic heterocycles. The van der Waals surface area contributed by atoms with Gasteiger partial charge in [-0.1, -0.05) is 0 Å². The van der Waals surface area contributed by atoms with E-state index in [-0.39, 0.29) is 5.91 Å². The number of hydrogen-bond acceptors (Lipinski definition) is 3. The SMILES string of the molecule is Cc1cc(N)cc(C)c1NC(=O)c1cccnc1. The Labute approximate surface area is 106 Å². The topological polar surface area (TPSA) is 68.0 Å². The van der Waals surface area contributed by atoms with Crippen LogP contribution in [-0.2, 0) is 0 Å². The van der Waals surface area contributed by atoms with Gasteiger partial charge in [-0.25, -0.2) is 0 Å². The monoisotopic (exact) mass is 241 g/mol. The minimum absolute atomic E-state index is 0.168. The molecule has 0 aliphatic rings. The minimum Gasteiger partial charge on any atom is -0.399 e. The zero-order valence-corrected chi connectivity index (χ0v) is 10.4. The Morgan fingerprint density at radius 2 is 1.94 bits per heavy atom. The maximum atomic E-state index is 12.0. The van der Waals surface area contributed by atoms with Crippen LogP contribution in [0.3, 0.4) is 0 Å². The molecule has 1 amide bonds. The summed E-state index contributed by atoms with van der Waals surface area (Å²) < 4.78 is 0. The number of nitrogens with zero attached hydrogens (tertiary/aromatic N) is 1. The Morgan fingerprint density at radius 1 is 1.28 bits per heavy atom. The summed E-state index contributed by atoms with van der Waals surface area (Å²) in [5, 5.41) is 2.89. The molecule has 0 unspecified atom stereocenters. The fourth-order valence-electron chi connectivity index (χ4n) is 1.88. The van der Waals surface area contributed by atoms with E-state index in [9.17, 15) is 4.79 Å². The van der Waals surface area contributed by atoms with Crippen LogP contribution in [0, 0.1) is 13.8 Å². The van der Waals surface area contributed by atoms with Crippen LogP contribution >= 0.6 is 0 Å². The van der Waals surface area contributed by atoms with Crippen molar-refractivity contribution in [2.45, 2.75) is 13.8 Å². The second kappa shape index (κ2) is 4.87. The highest BCUT2D eigenvalue weighted by molar-refractivity contribution is 6.04. The molecule has 92 valence electrons. The van der Waals surface area contributed by atoms with Crippen molar-refractivity contribution in [3.05, 3.63) is 53.3 Å². The Hall–Kier alpha value is -2.36. The molecule has 0 saturated heterocycles. The number of aromatic nitrogens is 1. The van der Waals surface area contributed by atoms with Crippen molar-refractivity contribution in [3.63, 3.8) is 0 Å². The number of rotatable bonds is 2. The van der Waals surface area contributed by atoms with Crippen molar-refractivity contribution >= 4 is 17.3 Å². The summed E-state index contributed by atoms with van der Waals surface area (Å²) in [5.74, 6) is -0.168. The van der Waals surface area contributed by atoms with Crippen LogP contribution < -0.4 is 11.1 Å². The number of benzene rings is 1. The number of amides is 1. The average molecular weight is 241 g/mol. The molecule has 1 aromatic carbocycles. The third-order valence-corrected chi connectivity index (χ3v) is 2.72. The van der Waals surface area contributed by atoms with Crippen molar-refractivity contribution in [2.75, 3.05) is 11.1 Å². The molecule has 0 bridgehead atoms. The van der Waals surface area contributed by atoms with Gasteiger partial charge < -0.3 is 11.1 Å². The molecule has 1 heterocycles. The van der Waals surface area contributed by atoms with Gasteiger partial charge >= 0.3 is 0 Å². The highest BCUT2D eigenvalue weighted by Gasteiger charge is 2.10. The first-order chi connectivity index (χ1) is 8.58. The standard InChI is InChI=1S/C14H15N3O/c1-9-6-12(15)7-10(2)13(9)17-14(18)11-4-3-5-16-8-11/h3-8H,15H2,1-2H3,(H,17,18). The van der Waals surface area contributed by atoms with Crippen molar-refractivity contribution in [1.82, 2.24) is 4.98 Å². The van der Waals surface area contributed by atoms with Crippen LogP contribution in [0.5, 0.6) is 0 Å². The number of nitrogens with one attached hydrogen (secondary N) is 1. The first-order valence-corrected chi connectivity index (χ1v) is 5.66. The third-order valence-electron chi connectivity index (χ3n) is 2.72. The zero-order valence-electron chi connectivity index (χ0n) is 10.4. The molecule has 0 saturated carbocycles. The van der Waals surface area contributed by atoms with Crippen molar-refractivity contribution in [1.29, 1.82) is 0 Å². The van der Waals surface area contributed by atoms with E-state index in [0.717, 1.165) is 16.8 Å². The van der Waals surface area contributed by atoms with E-state index in [1.165, 1.54) is 6.20 Å². The van der Waals surface area contributed by atoms with Crippen LogP contribution in [0.1, 0.15) is 21.5 Å². The number of carbonyl (C=O) groups is 1. The van der Waals surface area contributed by atoms with Crippen LogP contribution in [0.4, 0.5) is 11.4 Å². The van der Waals surface area contributed by atoms with Gasteiger partial charge in [-0.05, 0) is 49.2 Å². The normalized spacial score (nSPS) is 10.1. The van der Waals surface area contributed by atoms with E-state index in [2.05, 4.69) is 10.3 Å². The van der Waals surface area contributed by atoms with Gasteiger partial charge in [0.2, 0.25) is 0 Å². The quantitative estimate of drug-likeness (QED) is 0.794. The van der Waals surface area contributed by atoms with E-state index in [0.29, 0.717) is 11.3 Å². The Bertz CT molecular complexity index is 556. The number of hydrogen-bond donors (Lipinski definition) is 2. The molecular weight excluding hydrogens is 226 g/mol. The molecule has 2 rings (SSSR count). The lowest BCUT2D eigenvalue weighted by molar-refractivity contribution is 0.102. The first kappa shape index (κ1) is 12.1. The maximum absolute atomic E-state index is 12.0. The molecule has 18 heavy (non-hydrogen) atoms. The van der Waals surface area contributed by atoms with Crippen molar-refractivity contribution < 1.29 is 4.79 Å². The van der Waals surface area contributed by atoms with Gasteiger partial charge in [0.15, 0.2) is 0 Å². The maximum Gasteiger partial charge on any atom is 0.257 e. The summed E-state index contributed by atoms with van der Waals surface area (Å²) in [6.45, 7) is 3.84. The molecule has 0 fully saturated rings. The number of nitrogens with two attached hydrogens (primary N) is 1. The first-order valence-electron chi connectivity index (χ1n) is 5.66. The molecule has 4 nitrogen and oxygen atoms in total. The summed E-state index contributed by atoms with van der Waals surface area (Å²) in [5.41, 5.74) is 9.68. The summed E-state index contributed by atoms with van der Waals surface area (Å²) in [6, 6.07) is 7.14. The molecule has 0 aliphatic carbocycles. The molecule has 4 heteroatoms. The fourth-order valence-corrected chi connectivity index (χ4v) is 1.88. The minimum atomic E-state index is -0.168. The third kappa shape index (κ3) is 2.48. The number of pyridine rings is 1. The van der Waals surface area contributed by atoms with Gasteiger partial charge in [0.1, 0.15) is 0 Å². The number of nitrogen functional groups attached to an aromatic ring is 1. The summed E-state index contributed by atoms with van der Waals surface area (Å²) >= 11 is 0. The molecule has 3 N–H and O–H groups in total. The smallest absolute Gasteiger partial charge is 0.257 e. The van der Waals surface area contributed by atoms with Crippen LogP contribution in [0.2, 0.25) is 0 Å². The van der Waals surface area contributed by atoms with Gasteiger partial charge in [-0.15, -0.1) is 0 Å². The molecule has 0 radical (unpaired) electrons. The lowest BCUT2D eigenvalue weighted by Gasteiger charge is -2.12. The molecule has 2 aromatic rings. The van der Waals surface area contributed by atoms with E-state index >= 15 is 0 Å². The summed E-state index contributed by atoms with van der Waals surface area (Å²) in [7, 11) is 0. The molecule has 0 atom stereocenters. The van der Waals surface area contributed by atoms with Gasteiger partial charge in [-0.2, -0.15) is 0 Å². The van der Waals surface area contributed by atoms with E-state index in [1.807, 2.05) is 26.0 Å². The largest absolute Gasteiger partial charge is 0.399 e. The summed E-state index contributed by atoms with van der Waals surface area (Å²) in [6.07, 6.45) is 3.17. The molecule has 0 spiro atoms. The van der Waals surface area contributed by atoms with Gasteiger partial charge in [-0.3, -0.25) is 9.78 Å². The molecule has 0 aliphatic heterocycles. The Kier molecular flexibility index (Phi) is 3.28. The Morgan fingerprint density at radius 3 is 2.50 bits per heavy atom. The zero-order chi connectivity index (χ0) is 13.1. The van der Waals surface area contributed by atoms with E-state index in [1.54, 1.807) is 18.3 Å².